The Balaban J connectivity index is 1.90. The molecule has 7 nitrogen and oxygen atoms in total. The second kappa shape index (κ2) is 6.96. The van der Waals surface area contributed by atoms with Crippen LogP contribution in [0.3, 0.4) is 0 Å². The molecule has 0 radical (unpaired) electrons. The molecule has 0 saturated carbocycles. The van der Waals surface area contributed by atoms with E-state index in [4.69, 9.17) is 0 Å². The molecule has 25 heavy (non-hydrogen) atoms. The Kier molecular flexibility index (Phi) is 4.56. The minimum Gasteiger partial charge on any atom is -0.296 e. The van der Waals surface area contributed by atoms with Crippen molar-refractivity contribution in [1.29, 1.82) is 0 Å². The Hall–Kier alpha value is -3.48. The number of non-ortho nitro benzene ring substituents is 1. The van der Waals surface area contributed by atoms with E-state index >= 15 is 0 Å². The van der Waals surface area contributed by atoms with Gasteiger partial charge in [0.2, 0.25) is 0 Å². The molecule has 3 aromatic rings. The summed E-state index contributed by atoms with van der Waals surface area (Å²) in [4.78, 5) is 34.9. The largest absolute Gasteiger partial charge is 0.331 e. The van der Waals surface area contributed by atoms with Crippen LogP contribution in [0, 0.1) is 10.1 Å². The van der Waals surface area contributed by atoms with Gasteiger partial charge in [-0.15, -0.1) is 0 Å². The van der Waals surface area contributed by atoms with E-state index in [1.165, 1.54) is 33.5 Å². The third kappa shape index (κ3) is 3.72. The van der Waals surface area contributed by atoms with Crippen LogP contribution in [0.15, 0.2) is 76.4 Å². The molecule has 0 saturated heterocycles. The monoisotopic (exact) mass is 337 g/mol. The Bertz CT molecular complexity index is 1000. The van der Waals surface area contributed by atoms with E-state index < -0.39 is 10.6 Å². The van der Waals surface area contributed by atoms with Crippen molar-refractivity contribution in [3.8, 4) is 0 Å². The number of hydrogen-bond acceptors (Lipinski definition) is 4. The molecule has 0 aliphatic carbocycles. The lowest BCUT2D eigenvalue weighted by molar-refractivity contribution is -0.384. The van der Waals surface area contributed by atoms with Gasteiger partial charge >= 0.3 is 5.69 Å². The zero-order valence-corrected chi connectivity index (χ0v) is 13.2. The predicted molar refractivity (Wildman–Crippen MR) is 92.7 cm³/mol. The van der Waals surface area contributed by atoms with Crippen LogP contribution in [0.5, 0.6) is 0 Å². The van der Waals surface area contributed by atoms with Crippen molar-refractivity contribution in [3.63, 3.8) is 0 Å². The number of benzene rings is 2. The lowest BCUT2D eigenvalue weighted by Crippen LogP contribution is -2.39. The van der Waals surface area contributed by atoms with E-state index in [0.29, 0.717) is 0 Å². The zero-order chi connectivity index (χ0) is 17.8. The fourth-order valence-corrected chi connectivity index (χ4v) is 2.51. The number of aromatic nitrogens is 2. The molecule has 0 aliphatic rings. The summed E-state index contributed by atoms with van der Waals surface area (Å²) in [5, 5.41) is 10.7. The normalized spacial score (nSPS) is 10.6. The van der Waals surface area contributed by atoms with Crippen molar-refractivity contribution in [3.05, 3.63) is 109 Å². The van der Waals surface area contributed by atoms with E-state index in [9.17, 15) is 19.7 Å². The summed E-state index contributed by atoms with van der Waals surface area (Å²) in [6.45, 7) is 0.422. The molecule has 1 aromatic heterocycles. The number of hydrogen-bond donors (Lipinski definition) is 0. The summed E-state index contributed by atoms with van der Waals surface area (Å²) >= 11 is 0. The van der Waals surface area contributed by atoms with Gasteiger partial charge in [-0.25, -0.2) is 4.79 Å². The van der Waals surface area contributed by atoms with Gasteiger partial charge in [0.25, 0.3) is 11.2 Å². The summed E-state index contributed by atoms with van der Waals surface area (Å²) < 4.78 is 2.58. The number of rotatable bonds is 5. The smallest absolute Gasteiger partial charge is 0.296 e. The highest BCUT2D eigenvalue weighted by Crippen LogP contribution is 2.12. The molecular formula is C18H15N3O4. The summed E-state index contributed by atoms with van der Waals surface area (Å²) in [5.41, 5.74) is 0.793. The first kappa shape index (κ1) is 16.4. The fourth-order valence-electron chi connectivity index (χ4n) is 2.51. The van der Waals surface area contributed by atoms with Crippen molar-refractivity contribution in [1.82, 2.24) is 9.13 Å². The van der Waals surface area contributed by atoms with Crippen LogP contribution in [-0.2, 0) is 13.1 Å². The van der Waals surface area contributed by atoms with Gasteiger partial charge in [-0.1, -0.05) is 42.5 Å². The third-order valence-electron chi connectivity index (χ3n) is 3.82. The number of nitro groups is 1. The first-order valence-electron chi connectivity index (χ1n) is 7.62. The molecule has 7 heteroatoms. The lowest BCUT2D eigenvalue weighted by Gasteiger charge is -2.10. The fraction of sp³-hybridized carbons (Fsp3) is 0.111. The minimum absolute atomic E-state index is 0.00913. The van der Waals surface area contributed by atoms with Crippen molar-refractivity contribution in [2.45, 2.75) is 13.1 Å². The van der Waals surface area contributed by atoms with Gasteiger partial charge in [0.1, 0.15) is 0 Å². The first-order chi connectivity index (χ1) is 12.0. The molecule has 126 valence electrons. The highest BCUT2D eigenvalue weighted by Gasteiger charge is 2.08. The second-order valence-corrected chi connectivity index (χ2v) is 5.56. The molecule has 0 amide bonds. The maximum Gasteiger partial charge on any atom is 0.331 e. The average Bonchev–Trinajstić information content (AvgIpc) is 2.62. The Labute approximate surface area is 142 Å². The Morgan fingerprint density at radius 2 is 1.48 bits per heavy atom. The van der Waals surface area contributed by atoms with Crippen LogP contribution >= 0.6 is 0 Å². The predicted octanol–water partition coefficient (Wildman–Crippen LogP) is 2.01. The van der Waals surface area contributed by atoms with Crippen LogP contribution in [0.4, 0.5) is 5.69 Å². The highest BCUT2D eigenvalue weighted by atomic mass is 16.6. The van der Waals surface area contributed by atoms with Gasteiger partial charge < -0.3 is 0 Å². The van der Waals surface area contributed by atoms with Crippen LogP contribution in [-0.4, -0.2) is 14.1 Å². The number of nitrogens with zero attached hydrogens (tertiary/aromatic N) is 3. The third-order valence-corrected chi connectivity index (χ3v) is 3.82. The Morgan fingerprint density at radius 3 is 2.12 bits per heavy atom. The summed E-state index contributed by atoms with van der Waals surface area (Å²) in [5.74, 6) is 0. The molecule has 0 atom stereocenters. The molecule has 0 fully saturated rings. The highest BCUT2D eigenvalue weighted by molar-refractivity contribution is 5.33. The molecule has 0 N–H and O–H groups in total. The molecular weight excluding hydrogens is 322 g/mol. The Morgan fingerprint density at radius 1 is 0.840 bits per heavy atom. The standard InChI is InChI=1S/C18H15N3O4/c22-17-10-11-19(12-15-6-8-16(9-7-15)21(24)25)18(23)20(17)13-14-4-2-1-3-5-14/h1-11H,12-13H2. The quantitative estimate of drug-likeness (QED) is 0.526. The van der Waals surface area contributed by atoms with Crippen LogP contribution < -0.4 is 11.2 Å². The van der Waals surface area contributed by atoms with Crippen molar-refractivity contribution < 1.29 is 4.92 Å². The lowest BCUT2D eigenvalue weighted by atomic mass is 10.2. The SMILES string of the molecule is O=c1ccn(Cc2ccc([N+](=O)[O-])cc2)c(=O)n1Cc1ccccc1. The molecule has 0 spiro atoms. The molecule has 2 aromatic carbocycles. The topological polar surface area (TPSA) is 87.1 Å². The first-order valence-corrected chi connectivity index (χ1v) is 7.62. The van der Waals surface area contributed by atoms with E-state index in [2.05, 4.69) is 0 Å². The molecule has 0 bridgehead atoms. The van der Waals surface area contributed by atoms with Gasteiger partial charge in [-0.05, 0) is 11.1 Å². The molecule has 0 aliphatic heterocycles. The molecule has 1 heterocycles. The van der Waals surface area contributed by atoms with Gasteiger partial charge in [0.05, 0.1) is 18.0 Å². The van der Waals surface area contributed by atoms with Gasteiger partial charge in [0.15, 0.2) is 0 Å². The summed E-state index contributed by atoms with van der Waals surface area (Å²) in [6.07, 6.45) is 1.44. The van der Waals surface area contributed by atoms with Crippen LogP contribution in [0.1, 0.15) is 11.1 Å². The van der Waals surface area contributed by atoms with Crippen molar-refractivity contribution >= 4 is 5.69 Å². The van der Waals surface area contributed by atoms with E-state index in [0.717, 1.165) is 11.1 Å². The number of nitro benzene ring substituents is 1. The maximum absolute atomic E-state index is 12.6. The zero-order valence-electron chi connectivity index (χ0n) is 13.2. The van der Waals surface area contributed by atoms with Gasteiger partial charge in [-0.2, -0.15) is 0 Å². The molecule has 3 rings (SSSR count). The molecule has 0 unspecified atom stereocenters. The van der Waals surface area contributed by atoms with Gasteiger partial charge in [0, 0.05) is 24.4 Å². The minimum atomic E-state index is -0.476. The van der Waals surface area contributed by atoms with Crippen LogP contribution in [0.25, 0.3) is 0 Å². The summed E-state index contributed by atoms with van der Waals surface area (Å²) in [7, 11) is 0. The summed E-state index contributed by atoms with van der Waals surface area (Å²) in [6, 6.07) is 16.6. The van der Waals surface area contributed by atoms with E-state index in [1.54, 1.807) is 12.1 Å². The van der Waals surface area contributed by atoms with E-state index in [1.807, 2.05) is 30.3 Å². The van der Waals surface area contributed by atoms with Crippen molar-refractivity contribution in [2.24, 2.45) is 0 Å². The van der Waals surface area contributed by atoms with Gasteiger partial charge in [-0.3, -0.25) is 24.0 Å². The van der Waals surface area contributed by atoms with Crippen LogP contribution in [0.2, 0.25) is 0 Å². The van der Waals surface area contributed by atoms with Crippen molar-refractivity contribution in [2.75, 3.05) is 0 Å². The average molecular weight is 337 g/mol. The van der Waals surface area contributed by atoms with E-state index in [-0.39, 0.29) is 24.3 Å². The maximum atomic E-state index is 12.6. The second-order valence-electron chi connectivity index (χ2n) is 5.56.